The molecule has 1 aromatic rings. The van der Waals surface area contributed by atoms with Crippen LogP contribution >= 0.6 is 0 Å². The van der Waals surface area contributed by atoms with E-state index in [2.05, 4.69) is 10.3 Å². The lowest BCUT2D eigenvalue weighted by molar-refractivity contribution is 0.104. The molecule has 0 atom stereocenters. The molecule has 0 unspecified atom stereocenters. The molecule has 0 bridgehead atoms. The summed E-state index contributed by atoms with van der Waals surface area (Å²) in [4.78, 5) is 6.27. The second kappa shape index (κ2) is 8.02. The molecule has 1 aromatic heterocycles. The molecule has 1 fully saturated rings. The Morgan fingerprint density at radius 1 is 1.50 bits per heavy atom. The Balaban J connectivity index is 1.71. The minimum absolute atomic E-state index is 0.160. The Bertz CT molecular complexity index is 638. The first-order valence-electron chi connectivity index (χ1n) is 8.14. The number of hydrogen-bond donors (Lipinski definition) is 1. The Kier molecular flexibility index (Phi) is 6.28. The van der Waals surface area contributed by atoms with E-state index in [1.165, 1.54) is 0 Å². The fourth-order valence-electron chi connectivity index (χ4n) is 2.60. The topological polar surface area (TPSA) is 84.1 Å². The standard InChI is InChI=1S/C16H27N3O4S/c1-16(2)13-19(8-11-24(16,20)21)15(17-3)18-7-5-9-22-12-14-6-4-10-23-14/h4,6,10H,5,7-9,11-13H2,1-3H3,(H,17,18). The summed E-state index contributed by atoms with van der Waals surface area (Å²) in [6.07, 6.45) is 2.46. The van der Waals surface area contributed by atoms with Gasteiger partial charge in [0.05, 0.1) is 16.8 Å². The van der Waals surface area contributed by atoms with Crippen LogP contribution in [0, 0.1) is 0 Å². The predicted octanol–water partition coefficient (Wildman–Crippen LogP) is 1.27. The van der Waals surface area contributed by atoms with Gasteiger partial charge in [0.15, 0.2) is 15.8 Å². The third kappa shape index (κ3) is 4.73. The minimum atomic E-state index is -3.04. The fourth-order valence-corrected chi connectivity index (χ4v) is 3.96. The number of rotatable bonds is 6. The van der Waals surface area contributed by atoms with Crippen LogP contribution in [0.5, 0.6) is 0 Å². The van der Waals surface area contributed by atoms with E-state index < -0.39 is 14.6 Å². The van der Waals surface area contributed by atoms with Crippen LogP contribution in [-0.4, -0.2) is 63.1 Å². The molecule has 8 heteroatoms. The highest BCUT2D eigenvalue weighted by Gasteiger charge is 2.40. The van der Waals surface area contributed by atoms with Gasteiger partial charge in [-0.25, -0.2) is 8.42 Å². The number of nitrogens with one attached hydrogen (secondary N) is 1. The molecular weight excluding hydrogens is 330 g/mol. The lowest BCUT2D eigenvalue weighted by atomic mass is 10.2. The van der Waals surface area contributed by atoms with Gasteiger partial charge in [0.25, 0.3) is 0 Å². The Hall–Kier alpha value is -1.54. The second-order valence-corrected chi connectivity index (χ2v) is 9.20. The maximum atomic E-state index is 12.1. The van der Waals surface area contributed by atoms with E-state index in [0.717, 1.165) is 18.1 Å². The van der Waals surface area contributed by atoms with Crippen LogP contribution in [0.1, 0.15) is 26.0 Å². The lowest BCUT2D eigenvalue weighted by Gasteiger charge is -2.39. The van der Waals surface area contributed by atoms with Gasteiger partial charge in [-0.05, 0) is 32.4 Å². The Labute approximate surface area is 144 Å². The summed E-state index contributed by atoms with van der Waals surface area (Å²) in [5.41, 5.74) is 0. The van der Waals surface area contributed by atoms with Gasteiger partial charge in [0, 0.05) is 33.3 Å². The van der Waals surface area contributed by atoms with Gasteiger partial charge in [-0.15, -0.1) is 0 Å². The molecule has 0 amide bonds. The molecule has 0 saturated carbocycles. The number of furan rings is 1. The zero-order valence-corrected chi connectivity index (χ0v) is 15.4. The molecule has 0 spiro atoms. The van der Waals surface area contributed by atoms with E-state index in [4.69, 9.17) is 9.15 Å². The molecule has 2 rings (SSSR count). The molecule has 0 aliphatic carbocycles. The quantitative estimate of drug-likeness (QED) is 0.469. The van der Waals surface area contributed by atoms with Gasteiger partial charge >= 0.3 is 0 Å². The number of guanidine groups is 1. The summed E-state index contributed by atoms with van der Waals surface area (Å²) in [6, 6.07) is 3.72. The summed E-state index contributed by atoms with van der Waals surface area (Å²) in [6.45, 7) is 6.26. The van der Waals surface area contributed by atoms with Crippen LogP contribution in [0.3, 0.4) is 0 Å². The van der Waals surface area contributed by atoms with Crippen LogP contribution in [0.4, 0.5) is 0 Å². The number of sulfone groups is 1. The lowest BCUT2D eigenvalue weighted by Crippen LogP contribution is -2.57. The van der Waals surface area contributed by atoms with Gasteiger partial charge in [-0.3, -0.25) is 4.99 Å². The first-order chi connectivity index (χ1) is 11.4. The zero-order valence-electron chi connectivity index (χ0n) is 14.6. The SMILES string of the molecule is CN=C(NCCCOCc1ccco1)N1CCS(=O)(=O)C(C)(C)C1. The highest BCUT2D eigenvalue weighted by atomic mass is 32.2. The van der Waals surface area contributed by atoms with E-state index in [0.29, 0.717) is 32.8 Å². The van der Waals surface area contributed by atoms with Crippen molar-refractivity contribution in [1.82, 2.24) is 10.2 Å². The molecule has 136 valence electrons. The average molecular weight is 357 g/mol. The Morgan fingerprint density at radius 3 is 2.92 bits per heavy atom. The van der Waals surface area contributed by atoms with Gasteiger partial charge in [-0.1, -0.05) is 0 Å². The monoisotopic (exact) mass is 357 g/mol. The van der Waals surface area contributed by atoms with E-state index in [1.54, 1.807) is 27.2 Å². The largest absolute Gasteiger partial charge is 0.467 e. The molecule has 1 N–H and O–H groups in total. The zero-order chi connectivity index (χ0) is 17.6. The van der Waals surface area contributed by atoms with Crippen molar-refractivity contribution in [1.29, 1.82) is 0 Å². The normalized spacial score (nSPS) is 20.1. The van der Waals surface area contributed by atoms with Gasteiger partial charge < -0.3 is 19.4 Å². The van der Waals surface area contributed by atoms with E-state index in [-0.39, 0.29) is 5.75 Å². The summed E-state index contributed by atoms with van der Waals surface area (Å²) < 4.78 is 34.1. The van der Waals surface area contributed by atoms with Crippen molar-refractivity contribution in [3.05, 3.63) is 24.2 Å². The van der Waals surface area contributed by atoms with Crippen LogP contribution < -0.4 is 5.32 Å². The molecule has 24 heavy (non-hydrogen) atoms. The predicted molar refractivity (Wildman–Crippen MR) is 93.8 cm³/mol. The molecule has 0 radical (unpaired) electrons. The third-order valence-corrected chi connectivity index (χ3v) is 6.66. The van der Waals surface area contributed by atoms with Crippen molar-refractivity contribution in [2.24, 2.45) is 4.99 Å². The van der Waals surface area contributed by atoms with E-state index in [1.807, 2.05) is 17.0 Å². The minimum Gasteiger partial charge on any atom is -0.467 e. The van der Waals surface area contributed by atoms with Crippen LogP contribution in [0.25, 0.3) is 0 Å². The van der Waals surface area contributed by atoms with Crippen LogP contribution in [-0.2, 0) is 21.2 Å². The second-order valence-electron chi connectivity index (χ2n) is 6.46. The number of aliphatic imine (C=N–C) groups is 1. The molecule has 1 aliphatic rings. The van der Waals surface area contributed by atoms with Crippen molar-refractivity contribution in [3.8, 4) is 0 Å². The van der Waals surface area contributed by atoms with Crippen molar-refractivity contribution in [2.75, 3.05) is 39.0 Å². The third-order valence-electron chi connectivity index (χ3n) is 4.13. The number of nitrogens with zero attached hydrogens (tertiary/aromatic N) is 2. The first kappa shape index (κ1) is 18.8. The maximum absolute atomic E-state index is 12.1. The van der Waals surface area contributed by atoms with Crippen molar-refractivity contribution >= 4 is 15.8 Å². The van der Waals surface area contributed by atoms with E-state index in [9.17, 15) is 8.42 Å². The molecule has 7 nitrogen and oxygen atoms in total. The molecular formula is C16H27N3O4S. The van der Waals surface area contributed by atoms with Crippen molar-refractivity contribution in [2.45, 2.75) is 31.6 Å². The average Bonchev–Trinajstić information content (AvgIpc) is 3.03. The summed E-state index contributed by atoms with van der Waals surface area (Å²) in [5.74, 6) is 1.71. The summed E-state index contributed by atoms with van der Waals surface area (Å²) in [5, 5.41) is 3.28. The fraction of sp³-hybridized carbons (Fsp3) is 0.688. The molecule has 1 aliphatic heterocycles. The van der Waals surface area contributed by atoms with Gasteiger partial charge in [-0.2, -0.15) is 0 Å². The van der Waals surface area contributed by atoms with Crippen molar-refractivity contribution in [3.63, 3.8) is 0 Å². The highest BCUT2D eigenvalue weighted by molar-refractivity contribution is 7.92. The number of ether oxygens (including phenoxy) is 1. The van der Waals surface area contributed by atoms with Gasteiger partial charge in [0.2, 0.25) is 0 Å². The maximum Gasteiger partial charge on any atom is 0.193 e. The first-order valence-corrected chi connectivity index (χ1v) is 9.79. The van der Waals surface area contributed by atoms with Crippen LogP contribution in [0.2, 0.25) is 0 Å². The Morgan fingerprint density at radius 2 is 2.29 bits per heavy atom. The van der Waals surface area contributed by atoms with E-state index >= 15 is 0 Å². The smallest absolute Gasteiger partial charge is 0.193 e. The number of hydrogen-bond acceptors (Lipinski definition) is 5. The highest BCUT2D eigenvalue weighted by Crippen LogP contribution is 2.23. The van der Waals surface area contributed by atoms with Gasteiger partial charge in [0.1, 0.15) is 12.4 Å². The summed E-state index contributed by atoms with van der Waals surface area (Å²) in [7, 11) is -1.33. The van der Waals surface area contributed by atoms with Crippen molar-refractivity contribution < 1.29 is 17.6 Å². The molecule has 1 saturated heterocycles. The van der Waals surface area contributed by atoms with Crippen LogP contribution in [0.15, 0.2) is 27.8 Å². The molecule has 0 aromatic carbocycles. The molecule has 2 heterocycles. The summed E-state index contributed by atoms with van der Waals surface area (Å²) >= 11 is 0.